The third kappa shape index (κ3) is 6.25. The molecule has 27 heavy (non-hydrogen) atoms. The predicted octanol–water partition coefficient (Wildman–Crippen LogP) is 5.37. The number of hydrogen-bond donors (Lipinski definition) is 0. The van der Waals surface area contributed by atoms with Crippen molar-refractivity contribution in [2.75, 3.05) is 26.7 Å². The van der Waals surface area contributed by atoms with Crippen molar-refractivity contribution in [3.8, 4) is 5.75 Å². The van der Waals surface area contributed by atoms with Gasteiger partial charge in [-0.25, -0.2) is 4.79 Å². The Hall–Kier alpha value is -1.52. The van der Waals surface area contributed by atoms with Crippen LogP contribution >= 0.6 is 11.6 Å². The third-order valence-corrected chi connectivity index (χ3v) is 6.07. The molecule has 148 valence electrons. The summed E-state index contributed by atoms with van der Waals surface area (Å²) < 4.78 is 5.45. The van der Waals surface area contributed by atoms with Gasteiger partial charge in [0.15, 0.2) is 0 Å². The minimum atomic E-state index is -0.290. The highest BCUT2D eigenvalue weighted by Gasteiger charge is 2.26. The van der Waals surface area contributed by atoms with Crippen molar-refractivity contribution in [2.45, 2.75) is 51.0 Å². The van der Waals surface area contributed by atoms with E-state index >= 15 is 0 Å². The molecule has 0 bridgehead atoms. The van der Waals surface area contributed by atoms with Crippen molar-refractivity contribution in [3.05, 3.63) is 41.4 Å². The van der Waals surface area contributed by atoms with Gasteiger partial charge in [0, 0.05) is 24.7 Å². The Kier molecular flexibility index (Phi) is 7.59. The maximum Gasteiger partial charge on any atom is 0.415 e. The van der Waals surface area contributed by atoms with Gasteiger partial charge in [-0.3, -0.25) is 4.90 Å². The molecule has 4 nitrogen and oxygen atoms in total. The molecule has 0 N–H and O–H groups in total. The van der Waals surface area contributed by atoms with Crippen LogP contribution in [0, 0.1) is 5.92 Å². The first-order valence-corrected chi connectivity index (χ1v) is 10.6. The van der Waals surface area contributed by atoms with E-state index in [0.29, 0.717) is 16.7 Å². The highest BCUT2D eigenvalue weighted by atomic mass is 35.5. The molecule has 1 aromatic carbocycles. The Morgan fingerprint density at radius 2 is 1.81 bits per heavy atom. The lowest BCUT2D eigenvalue weighted by molar-refractivity contribution is 0.128. The zero-order valence-electron chi connectivity index (χ0n) is 16.3. The maximum absolute atomic E-state index is 12.4. The molecule has 0 unspecified atom stereocenters. The van der Waals surface area contributed by atoms with Crippen LogP contribution in [0.5, 0.6) is 5.75 Å². The van der Waals surface area contributed by atoms with E-state index in [-0.39, 0.29) is 12.1 Å². The van der Waals surface area contributed by atoms with E-state index in [4.69, 9.17) is 16.3 Å². The lowest BCUT2D eigenvalue weighted by Crippen LogP contribution is -2.40. The Morgan fingerprint density at radius 3 is 2.48 bits per heavy atom. The number of halogens is 1. The molecule has 1 aromatic rings. The van der Waals surface area contributed by atoms with Crippen molar-refractivity contribution in [1.82, 2.24) is 9.80 Å². The van der Waals surface area contributed by atoms with Crippen LogP contribution < -0.4 is 4.74 Å². The average Bonchev–Trinajstić information content (AvgIpc) is 2.70. The van der Waals surface area contributed by atoms with Crippen LogP contribution in [0.4, 0.5) is 4.79 Å². The molecule has 0 radical (unpaired) electrons. The van der Waals surface area contributed by atoms with Crippen molar-refractivity contribution < 1.29 is 9.53 Å². The summed E-state index contributed by atoms with van der Waals surface area (Å²) in [6.07, 6.45) is 12.9. The predicted molar refractivity (Wildman–Crippen MR) is 110 cm³/mol. The number of allylic oxidation sites excluding steroid dienone is 1. The van der Waals surface area contributed by atoms with Crippen molar-refractivity contribution in [1.29, 1.82) is 0 Å². The van der Waals surface area contributed by atoms with Crippen LogP contribution in [0.1, 0.15) is 44.9 Å². The molecule has 2 aliphatic rings. The largest absolute Gasteiger partial charge is 0.415 e. The van der Waals surface area contributed by atoms with Gasteiger partial charge in [0.25, 0.3) is 0 Å². The van der Waals surface area contributed by atoms with E-state index in [0.717, 1.165) is 32.2 Å². The summed E-state index contributed by atoms with van der Waals surface area (Å²) in [7, 11) is 1.84. The zero-order chi connectivity index (χ0) is 19.1. The van der Waals surface area contributed by atoms with Gasteiger partial charge in [-0.05, 0) is 81.8 Å². The number of hydrogen-bond acceptors (Lipinski definition) is 3. The molecule has 0 atom stereocenters. The Balaban J connectivity index is 1.39. The smallest absolute Gasteiger partial charge is 0.410 e. The van der Waals surface area contributed by atoms with Crippen LogP contribution in [-0.4, -0.2) is 48.6 Å². The van der Waals surface area contributed by atoms with E-state index in [1.807, 2.05) is 7.05 Å². The van der Waals surface area contributed by atoms with E-state index in [1.54, 1.807) is 29.2 Å². The highest BCUT2D eigenvalue weighted by molar-refractivity contribution is 6.30. The topological polar surface area (TPSA) is 32.8 Å². The third-order valence-electron chi connectivity index (χ3n) is 5.82. The molecule has 5 heteroatoms. The van der Waals surface area contributed by atoms with Crippen molar-refractivity contribution in [3.63, 3.8) is 0 Å². The van der Waals surface area contributed by atoms with Gasteiger partial charge < -0.3 is 9.64 Å². The van der Waals surface area contributed by atoms with Gasteiger partial charge >= 0.3 is 6.09 Å². The molecule has 1 saturated carbocycles. The number of ether oxygens (including phenoxy) is 1. The molecule has 1 amide bonds. The summed E-state index contributed by atoms with van der Waals surface area (Å²) in [6.45, 7) is 3.59. The normalized spacial score (nSPS) is 24.1. The Morgan fingerprint density at radius 1 is 1.15 bits per heavy atom. The number of nitrogens with zero attached hydrogens (tertiary/aromatic N) is 2. The maximum atomic E-state index is 12.4. The molecular weight excluding hydrogens is 360 g/mol. The first-order valence-electron chi connectivity index (χ1n) is 10.2. The molecule has 1 saturated heterocycles. The quantitative estimate of drug-likeness (QED) is 0.633. The molecule has 3 rings (SSSR count). The fourth-order valence-electron chi connectivity index (χ4n) is 4.05. The molecule has 1 heterocycles. The van der Waals surface area contributed by atoms with Crippen LogP contribution in [-0.2, 0) is 0 Å². The second-order valence-corrected chi connectivity index (χ2v) is 8.23. The lowest BCUT2D eigenvalue weighted by Gasteiger charge is -2.33. The first-order chi connectivity index (χ1) is 13.1. The number of rotatable bonds is 5. The fraction of sp³-hybridized carbons (Fsp3) is 0.591. The number of carbonyl (C=O) groups is 1. The number of carbonyl (C=O) groups excluding carboxylic acids is 1. The van der Waals surface area contributed by atoms with Crippen LogP contribution in [0.25, 0.3) is 0 Å². The van der Waals surface area contributed by atoms with Crippen molar-refractivity contribution in [2.24, 2.45) is 5.92 Å². The summed E-state index contributed by atoms with van der Waals surface area (Å²) in [6, 6.07) is 7.16. The summed E-state index contributed by atoms with van der Waals surface area (Å²) in [4.78, 5) is 16.7. The van der Waals surface area contributed by atoms with Gasteiger partial charge in [-0.1, -0.05) is 30.2 Å². The highest BCUT2D eigenvalue weighted by Crippen LogP contribution is 2.28. The molecule has 1 aliphatic carbocycles. The van der Waals surface area contributed by atoms with Crippen LogP contribution in [0.3, 0.4) is 0 Å². The Labute approximate surface area is 168 Å². The molecule has 2 fully saturated rings. The second kappa shape index (κ2) is 10.1. The SMILES string of the molecule is CN(C(=O)Oc1ccc(Cl)cc1)[C@H]1CC[C@H](/C=C/CN2CCCCC2)CC1. The van der Waals surface area contributed by atoms with E-state index < -0.39 is 0 Å². The number of piperidine rings is 1. The van der Waals surface area contributed by atoms with E-state index in [1.165, 1.54) is 32.4 Å². The average molecular weight is 391 g/mol. The number of likely N-dealkylation sites (tertiary alicyclic amines) is 1. The second-order valence-electron chi connectivity index (χ2n) is 7.79. The van der Waals surface area contributed by atoms with Crippen molar-refractivity contribution >= 4 is 17.7 Å². The number of benzene rings is 1. The standard InChI is InChI=1S/C22H31ClN2O2/c1-24(22(26)27-21-13-9-19(23)10-14-21)20-11-7-18(8-12-20)6-5-17-25-15-3-2-4-16-25/h5-6,9-10,13-14,18,20H,2-4,7-8,11-12,15-17H2,1H3/b6-5+/t18-,20-. The van der Waals surface area contributed by atoms with Gasteiger partial charge in [-0.2, -0.15) is 0 Å². The Bertz CT molecular complexity index is 618. The molecule has 0 aromatic heterocycles. The number of amides is 1. The molecule has 0 spiro atoms. The summed E-state index contributed by atoms with van der Waals surface area (Å²) >= 11 is 5.87. The summed E-state index contributed by atoms with van der Waals surface area (Å²) in [5.74, 6) is 1.18. The van der Waals surface area contributed by atoms with Gasteiger partial charge in [0.1, 0.15) is 5.75 Å². The monoisotopic (exact) mass is 390 g/mol. The fourth-order valence-corrected chi connectivity index (χ4v) is 4.18. The lowest BCUT2D eigenvalue weighted by atomic mass is 9.85. The first kappa shape index (κ1) is 20.2. The van der Waals surface area contributed by atoms with E-state index in [9.17, 15) is 4.79 Å². The van der Waals surface area contributed by atoms with Gasteiger partial charge in [-0.15, -0.1) is 0 Å². The minimum absolute atomic E-state index is 0.261. The van der Waals surface area contributed by atoms with Gasteiger partial charge in [0.2, 0.25) is 0 Å². The molecular formula is C22H31ClN2O2. The van der Waals surface area contributed by atoms with Crippen LogP contribution in [0.15, 0.2) is 36.4 Å². The summed E-state index contributed by atoms with van der Waals surface area (Å²) in [5, 5.41) is 0.634. The van der Waals surface area contributed by atoms with E-state index in [2.05, 4.69) is 17.1 Å². The molecule has 1 aliphatic heterocycles. The minimum Gasteiger partial charge on any atom is -0.410 e. The zero-order valence-corrected chi connectivity index (χ0v) is 17.0. The van der Waals surface area contributed by atoms with Gasteiger partial charge in [0.05, 0.1) is 0 Å². The van der Waals surface area contributed by atoms with Crippen LogP contribution in [0.2, 0.25) is 5.02 Å². The summed E-state index contributed by atoms with van der Waals surface area (Å²) in [5.41, 5.74) is 0.